The van der Waals surface area contributed by atoms with Crippen molar-refractivity contribution in [3.63, 3.8) is 0 Å². The van der Waals surface area contributed by atoms with Crippen molar-refractivity contribution < 1.29 is 33.4 Å². The van der Waals surface area contributed by atoms with Crippen LogP contribution in [-0.2, 0) is 9.53 Å². The van der Waals surface area contributed by atoms with Gasteiger partial charge in [-0.05, 0) is 53.8 Å². The lowest BCUT2D eigenvalue weighted by Gasteiger charge is -2.25. The van der Waals surface area contributed by atoms with Crippen LogP contribution in [0.5, 0.6) is 5.75 Å². The van der Waals surface area contributed by atoms with E-state index < -0.39 is 29.5 Å². The number of nitrogens with zero attached hydrogens (tertiary/aromatic N) is 1. The summed E-state index contributed by atoms with van der Waals surface area (Å²) in [4.78, 5) is 41.5. The molecule has 8 nitrogen and oxygen atoms in total. The van der Waals surface area contributed by atoms with Gasteiger partial charge in [0.25, 0.3) is 5.91 Å². The normalized spacial score (nSPS) is 15.5. The van der Waals surface area contributed by atoms with Crippen LogP contribution in [-0.4, -0.2) is 36.5 Å². The van der Waals surface area contributed by atoms with Crippen molar-refractivity contribution in [1.29, 1.82) is 0 Å². The third-order valence-electron chi connectivity index (χ3n) is 6.19. The lowest BCUT2D eigenvalue weighted by atomic mass is 10.00. The minimum Gasteiger partial charge on any atom is -0.503 e. The highest BCUT2D eigenvalue weighted by Crippen LogP contribution is 2.44. The highest BCUT2D eigenvalue weighted by molar-refractivity contribution is 7.10. The fraction of sp³-hybridized carbons (Fsp3) is 0.207. The third kappa shape index (κ3) is 4.91. The van der Waals surface area contributed by atoms with Crippen LogP contribution in [0.2, 0.25) is 5.02 Å². The molecule has 3 heterocycles. The van der Waals surface area contributed by atoms with E-state index in [4.69, 9.17) is 25.5 Å². The number of amides is 1. The van der Waals surface area contributed by atoms with Gasteiger partial charge < -0.3 is 19.0 Å². The fourth-order valence-electron chi connectivity index (χ4n) is 4.39. The van der Waals surface area contributed by atoms with Crippen LogP contribution in [0.15, 0.2) is 75.7 Å². The molecule has 0 spiro atoms. The van der Waals surface area contributed by atoms with Crippen molar-refractivity contribution in [2.45, 2.75) is 19.9 Å². The lowest BCUT2D eigenvalue weighted by molar-refractivity contribution is -0.117. The molecule has 0 saturated heterocycles. The second-order valence-corrected chi connectivity index (χ2v) is 10.8. The van der Waals surface area contributed by atoms with E-state index in [1.807, 2.05) is 19.2 Å². The van der Waals surface area contributed by atoms with Crippen LogP contribution in [0.3, 0.4) is 0 Å². The van der Waals surface area contributed by atoms with Gasteiger partial charge >= 0.3 is 5.97 Å². The third-order valence-corrected chi connectivity index (χ3v) is 7.33. The summed E-state index contributed by atoms with van der Waals surface area (Å²) < 4.78 is 16.4. The summed E-state index contributed by atoms with van der Waals surface area (Å²) in [5.41, 5.74) is 0.916. The Morgan fingerprint density at radius 3 is 2.54 bits per heavy atom. The number of hydrogen-bond donors (Lipinski definition) is 1. The SMILES string of the molecule is COc1cc(Cl)cc2cc(C(=O)C3=C(O)C(=O)N(c4ccc(C(=O)OCC(C)C)cc4)C3c3cccs3)oc12. The van der Waals surface area contributed by atoms with Gasteiger partial charge in [0.05, 0.1) is 24.9 Å². The highest BCUT2D eigenvalue weighted by Gasteiger charge is 2.46. The quantitative estimate of drug-likeness (QED) is 0.186. The van der Waals surface area contributed by atoms with Crippen molar-refractivity contribution in [1.82, 2.24) is 0 Å². The number of ketones is 1. The molecule has 1 amide bonds. The van der Waals surface area contributed by atoms with Gasteiger partial charge in [-0.2, -0.15) is 0 Å². The zero-order valence-electron chi connectivity index (χ0n) is 21.3. The maximum absolute atomic E-state index is 13.8. The Morgan fingerprint density at radius 2 is 1.90 bits per heavy atom. The Morgan fingerprint density at radius 1 is 1.15 bits per heavy atom. The summed E-state index contributed by atoms with van der Waals surface area (Å²) >= 11 is 7.50. The van der Waals surface area contributed by atoms with Crippen LogP contribution in [0.1, 0.15) is 45.7 Å². The molecule has 1 atom stereocenters. The van der Waals surface area contributed by atoms with Gasteiger partial charge in [0.2, 0.25) is 5.78 Å². The molecule has 10 heteroatoms. The number of carbonyl (C=O) groups excluding carboxylic acids is 3. The van der Waals surface area contributed by atoms with Crippen LogP contribution in [0.25, 0.3) is 11.0 Å². The van der Waals surface area contributed by atoms with Gasteiger partial charge in [-0.15, -0.1) is 11.3 Å². The number of esters is 1. The molecule has 1 aliphatic heterocycles. The van der Waals surface area contributed by atoms with Crippen LogP contribution in [0, 0.1) is 5.92 Å². The number of carbonyl (C=O) groups is 3. The number of aliphatic hydroxyl groups excluding tert-OH is 1. The molecule has 2 aromatic heterocycles. The molecule has 2 aromatic carbocycles. The molecule has 5 rings (SSSR count). The smallest absolute Gasteiger partial charge is 0.338 e. The molecule has 1 unspecified atom stereocenters. The average molecular weight is 566 g/mol. The maximum Gasteiger partial charge on any atom is 0.338 e. The first kappa shape index (κ1) is 26.5. The summed E-state index contributed by atoms with van der Waals surface area (Å²) in [6.07, 6.45) is 0. The number of ether oxygens (including phenoxy) is 2. The van der Waals surface area contributed by atoms with Crippen molar-refractivity contribution in [3.8, 4) is 5.75 Å². The fourth-order valence-corrected chi connectivity index (χ4v) is 5.43. The van der Waals surface area contributed by atoms with Crippen LogP contribution < -0.4 is 9.64 Å². The zero-order valence-corrected chi connectivity index (χ0v) is 22.8. The van der Waals surface area contributed by atoms with Crippen LogP contribution >= 0.6 is 22.9 Å². The number of rotatable bonds is 8. The van der Waals surface area contributed by atoms with E-state index in [1.54, 1.807) is 48.5 Å². The monoisotopic (exact) mass is 565 g/mol. The van der Waals surface area contributed by atoms with E-state index in [2.05, 4.69) is 0 Å². The lowest BCUT2D eigenvalue weighted by Crippen LogP contribution is -2.30. The average Bonchev–Trinajstić information content (AvgIpc) is 3.65. The number of halogens is 1. The first-order chi connectivity index (χ1) is 18.7. The van der Waals surface area contributed by atoms with Gasteiger partial charge in [-0.25, -0.2) is 4.79 Å². The molecular formula is C29H24ClNO7S. The minimum atomic E-state index is -0.914. The van der Waals surface area contributed by atoms with Gasteiger partial charge in [0, 0.05) is 27.0 Å². The van der Waals surface area contributed by atoms with Gasteiger partial charge in [0.1, 0.15) is 6.04 Å². The summed E-state index contributed by atoms with van der Waals surface area (Å²) in [7, 11) is 1.46. The molecule has 0 fully saturated rings. The van der Waals surface area contributed by atoms with Crippen molar-refractivity contribution in [2.24, 2.45) is 5.92 Å². The molecule has 39 heavy (non-hydrogen) atoms. The first-order valence-electron chi connectivity index (χ1n) is 12.1. The molecule has 4 aromatic rings. The number of fused-ring (bicyclic) bond motifs is 1. The molecule has 0 saturated carbocycles. The van der Waals surface area contributed by atoms with Crippen molar-refractivity contribution in [3.05, 3.63) is 92.5 Å². The Balaban J connectivity index is 1.53. The summed E-state index contributed by atoms with van der Waals surface area (Å²) in [6, 6.07) is 13.6. The van der Waals surface area contributed by atoms with Crippen molar-refractivity contribution in [2.75, 3.05) is 18.6 Å². The Labute approximate surface area is 233 Å². The predicted molar refractivity (Wildman–Crippen MR) is 148 cm³/mol. The molecule has 1 aliphatic rings. The van der Waals surface area contributed by atoms with Gasteiger partial charge in [-0.1, -0.05) is 31.5 Å². The molecule has 1 N–H and O–H groups in total. The van der Waals surface area contributed by atoms with Crippen molar-refractivity contribution >= 4 is 57.3 Å². The first-order valence-corrected chi connectivity index (χ1v) is 13.3. The van der Waals surface area contributed by atoms with E-state index in [1.165, 1.54) is 29.4 Å². The largest absolute Gasteiger partial charge is 0.503 e. The predicted octanol–water partition coefficient (Wildman–Crippen LogP) is 6.75. The Bertz CT molecular complexity index is 1600. The van der Waals surface area contributed by atoms with Gasteiger partial charge in [-0.3, -0.25) is 14.5 Å². The number of hydrogen-bond acceptors (Lipinski definition) is 8. The van der Waals surface area contributed by atoms with E-state index in [9.17, 15) is 19.5 Å². The van der Waals surface area contributed by atoms with E-state index in [0.717, 1.165) is 0 Å². The number of methoxy groups -OCH3 is 1. The molecular weight excluding hydrogens is 542 g/mol. The number of thiophene rings is 1. The van der Waals surface area contributed by atoms with E-state index in [0.29, 0.717) is 37.9 Å². The zero-order chi connectivity index (χ0) is 27.8. The molecule has 0 aliphatic carbocycles. The Kier molecular flexibility index (Phi) is 7.20. The number of furan rings is 1. The van der Waals surface area contributed by atoms with E-state index >= 15 is 0 Å². The van der Waals surface area contributed by atoms with Gasteiger partial charge in [0.15, 0.2) is 22.9 Å². The second-order valence-electron chi connectivity index (χ2n) is 9.36. The highest BCUT2D eigenvalue weighted by atomic mass is 35.5. The maximum atomic E-state index is 13.8. The van der Waals surface area contributed by atoms with E-state index in [-0.39, 0.29) is 23.9 Å². The number of anilines is 1. The molecule has 200 valence electrons. The van der Waals surface area contributed by atoms with Crippen LogP contribution in [0.4, 0.5) is 5.69 Å². The second kappa shape index (κ2) is 10.6. The number of benzene rings is 2. The summed E-state index contributed by atoms with van der Waals surface area (Å²) in [6.45, 7) is 4.17. The standard InChI is InChI=1S/C29H24ClNO7S/c1-15(2)14-37-29(35)16-6-8-19(9-7-16)31-24(22-5-4-10-39-22)23(26(33)28(31)34)25(32)20-12-17-11-18(30)13-21(36-3)27(17)38-20/h4-13,15,24,33H,14H2,1-3H3. The minimum absolute atomic E-state index is 0.0773. The Hall–Kier alpha value is -4.08. The summed E-state index contributed by atoms with van der Waals surface area (Å²) in [5, 5.41) is 13.7. The number of Topliss-reactive ketones (excluding diaryl/α,β-unsaturated/α-hetero) is 1. The summed E-state index contributed by atoms with van der Waals surface area (Å²) in [5.74, 6) is -2.09. The molecule has 0 radical (unpaired) electrons. The molecule has 0 bridgehead atoms. The topological polar surface area (TPSA) is 106 Å². The number of aliphatic hydroxyl groups is 1.